The number of ether oxygens (including phenoxy) is 1. The smallest absolute Gasteiger partial charge is 0.341 e. The lowest BCUT2D eigenvalue weighted by molar-refractivity contribution is 0.0694. The molecule has 2 aliphatic rings. The number of halogens is 1. The number of rotatable bonds is 2. The molecule has 8 heteroatoms. The quantitative estimate of drug-likeness (QED) is 0.851. The molecule has 1 fully saturated rings. The van der Waals surface area contributed by atoms with Gasteiger partial charge in [-0.05, 0) is 19.9 Å². The fraction of sp³-hybridized carbons (Fsp3) is 0.412. The second-order valence-corrected chi connectivity index (χ2v) is 7.19. The number of hydrogen-bond donors (Lipinski definition) is 2. The standard InChI is InChI=1S/C17H18FN3O4/c1-8-5-25-15-12-9(14(22)10(16(23)24)4-21(8)12)3-11(18)13(15)20-6-17(2,19)7-20/h3-4,8H,5-7,19H2,1-2H3,(H,23,24)/t8-/m0/s1. The van der Waals surface area contributed by atoms with Crippen LogP contribution in [0.5, 0.6) is 5.75 Å². The van der Waals surface area contributed by atoms with E-state index >= 15 is 0 Å². The zero-order valence-electron chi connectivity index (χ0n) is 13.9. The summed E-state index contributed by atoms with van der Waals surface area (Å²) in [5.74, 6) is -1.67. The van der Waals surface area contributed by atoms with E-state index in [2.05, 4.69) is 0 Å². The Hall–Kier alpha value is -2.61. The van der Waals surface area contributed by atoms with Crippen molar-refractivity contribution < 1.29 is 19.0 Å². The molecule has 0 spiro atoms. The van der Waals surface area contributed by atoms with Gasteiger partial charge in [0.1, 0.15) is 17.9 Å². The Bertz CT molecular complexity index is 974. The predicted octanol–water partition coefficient (Wildman–Crippen LogP) is 1.33. The van der Waals surface area contributed by atoms with Crippen molar-refractivity contribution >= 4 is 22.6 Å². The van der Waals surface area contributed by atoms with Crippen LogP contribution in [0.1, 0.15) is 30.2 Å². The van der Waals surface area contributed by atoms with Gasteiger partial charge in [-0.15, -0.1) is 0 Å². The highest BCUT2D eigenvalue weighted by Crippen LogP contribution is 2.43. The normalized spacial score (nSPS) is 21.0. The maximum absolute atomic E-state index is 14.8. The summed E-state index contributed by atoms with van der Waals surface area (Å²) in [4.78, 5) is 25.6. The minimum atomic E-state index is -1.33. The first kappa shape index (κ1) is 15.9. The molecule has 0 unspecified atom stereocenters. The molecular weight excluding hydrogens is 329 g/mol. The highest BCUT2D eigenvalue weighted by molar-refractivity contribution is 5.97. The van der Waals surface area contributed by atoms with Crippen molar-refractivity contribution in [2.75, 3.05) is 24.6 Å². The number of pyridine rings is 1. The summed E-state index contributed by atoms with van der Waals surface area (Å²) in [6.45, 7) is 4.93. The number of carbonyl (C=O) groups is 1. The number of aromatic carboxylic acids is 1. The molecule has 4 rings (SSSR count). The number of nitrogens with zero attached hydrogens (tertiary/aromatic N) is 2. The number of nitrogens with two attached hydrogens (primary N) is 1. The van der Waals surface area contributed by atoms with Crippen molar-refractivity contribution in [2.45, 2.75) is 25.4 Å². The summed E-state index contributed by atoms with van der Waals surface area (Å²) in [6.07, 6.45) is 1.31. The van der Waals surface area contributed by atoms with Crippen LogP contribution in [0.4, 0.5) is 10.1 Å². The van der Waals surface area contributed by atoms with Gasteiger partial charge in [0.25, 0.3) is 0 Å². The van der Waals surface area contributed by atoms with E-state index in [-0.39, 0.29) is 35.0 Å². The van der Waals surface area contributed by atoms with E-state index in [0.717, 1.165) is 6.07 Å². The maximum atomic E-state index is 14.8. The van der Waals surface area contributed by atoms with Gasteiger partial charge in [0.2, 0.25) is 5.43 Å². The first-order valence-corrected chi connectivity index (χ1v) is 8.01. The molecule has 0 bridgehead atoms. The topological polar surface area (TPSA) is 97.8 Å². The van der Waals surface area contributed by atoms with Crippen molar-refractivity contribution in [1.82, 2.24) is 4.57 Å². The molecule has 1 aromatic heterocycles. The lowest BCUT2D eigenvalue weighted by atomic mass is 9.92. The third-order valence-corrected chi connectivity index (χ3v) is 4.79. The van der Waals surface area contributed by atoms with Crippen molar-refractivity contribution in [3.05, 3.63) is 33.9 Å². The summed E-state index contributed by atoms with van der Waals surface area (Å²) in [5, 5.41) is 9.29. The first-order chi connectivity index (χ1) is 11.7. The van der Waals surface area contributed by atoms with Crippen LogP contribution in [0, 0.1) is 5.82 Å². The van der Waals surface area contributed by atoms with Gasteiger partial charge in [0.05, 0.1) is 16.9 Å². The Balaban J connectivity index is 2.04. The summed E-state index contributed by atoms with van der Waals surface area (Å²) in [6, 6.07) is 0.927. The van der Waals surface area contributed by atoms with Crippen molar-refractivity contribution in [3.8, 4) is 5.75 Å². The molecule has 0 saturated carbocycles. The first-order valence-electron chi connectivity index (χ1n) is 8.01. The molecule has 7 nitrogen and oxygen atoms in total. The van der Waals surface area contributed by atoms with Gasteiger partial charge < -0.3 is 25.0 Å². The van der Waals surface area contributed by atoms with Gasteiger partial charge in [-0.2, -0.15) is 0 Å². The number of benzene rings is 1. The average Bonchev–Trinajstić information content (AvgIpc) is 2.49. The number of hydrogen-bond acceptors (Lipinski definition) is 5. The fourth-order valence-electron chi connectivity index (χ4n) is 3.64. The molecule has 3 heterocycles. The summed E-state index contributed by atoms with van der Waals surface area (Å²) < 4.78 is 22.3. The van der Waals surface area contributed by atoms with Crippen LogP contribution in [0.15, 0.2) is 17.1 Å². The SMILES string of the molecule is C[C@H]1COc2c(N3CC(C)(N)C3)c(F)cc3c(=O)c(C(=O)O)cn1c23. The van der Waals surface area contributed by atoms with Gasteiger partial charge in [-0.25, -0.2) is 9.18 Å². The molecule has 0 radical (unpaired) electrons. The predicted molar refractivity (Wildman–Crippen MR) is 90.1 cm³/mol. The van der Waals surface area contributed by atoms with Crippen LogP contribution in [0.25, 0.3) is 10.9 Å². The second kappa shape index (κ2) is 4.95. The van der Waals surface area contributed by atoms with E-state index in [1.165, 1.54) is 6.20 Å². The molecule has 3 N–H and O–H groups in total. The van der Waals surface area contributed by atoms with E-state index in [0.29, 0.717) is 18.6 Å². The van der Waals surface area contributed by atoms with Gasteiger partial charge in [0, 0.05) is 24.8 Å². The summed E-state index contributed by atoms with van der Waals surface area (Å²) in [7, 11) is 0. The van der Waals surface area contributed by atoms with E-state index in [1.54, 1.807) is 9.47 Å². The highest BCUT2D eigenvalue weighted by atomic mass is 19.1. The third-order valence-electron chi connectivity index (χ3n) is 4.79. The Morgan fingerprint density at radius 2 is 2.16 bits per heavy atom. The molecular formula is C17H18FN3O4. The molecule has 132 valence electrons. The molecule has 1 aromatic carbocycles. The van der Waals surface area contributed by atoms with E-state index in [4.69, 9.17) is 10.5 Å². The Morgan fingerprint density at radius 3 is 2.76 bits per heavy atom. The maximum Gasteiger partial charge on any atom is 0.341 e. The largest absolute Gasteiger partial charge is 0.487 e. The number of anilines is 1. The van der Waals surface area contributed by atoms with Crippen LogP contribution in [-0.4, -0.2) is 40.9 Å². The Labute approximate surface area is 142 Å². The lowest BCUT2D eigenvalue weighted by Gasteiger charge is -2.47. The van der Waals surface area contributed by atoms with E-state index < -0.39 is 22.8 Å². The molecule has 25 heavy (non-hydrogen) atoms. The Morgan fingerprint density at radius 1 is 1.48 bits per heavy atom. The monoisotopic (exact) mass is 347 g/mol. The third kappa shape index (κ3) is 2.21. The molecule has 0 aliphatic carbocycles. The van der Waals surface area contributed by atoms with Crippen LogP contribution in [0.3, 0.4) is 0 Å². The minimum absolute atomic E-state index is 0.0127. The Kier molecular flexibility index (Phi) is 3.15. The average molecular weight is 347 g/mol. The van der Waals surface area contributed by atoms with Gasteiger partial charge in [0.15, 0.2) is 11.6 Å². The molecule has 2 aliphatic heterocycles. The zero-order chi connectivity index (χ0) is 18.1. The molecule has 1 atom stereocenters. The number of carboxylic acid groups (broad SMARTS) is 1. The minimum Gasteiger partial charge on any atom is -0.487 e. The van der Waals surface area contributed by atoms with E-state index in [9.17, 15) is 19.1 Å². The molecule has 0 amide bonds. The second-order valence-electron chi connectivity index (χ2n) is 7.19. The molecule has 2 aromatic rings. The zero-order valence-corrected chi connectivity index (χ0v) is 13.9. The van der Waals surface area contributed by atoms with Crippen molar-refractivity contribution in [3.63, 3.8) is 0 Å². The van der Waals surface area contributed by atoms with Crippen LogP contribution in [0.2, 0.25) is 0 Å². The van der Waals surface area contributed by atoms with Crippen molar-refractivity contribution in [2.24, 2.45) is 5.73 Å². The van der Waals surface area contributed by atoms with E-state index in [1.807, 2.05) is 13.8 Å². The number of aromatic nitrogens is 1. The van der Waals surface area contributed by atoms with Gasteiger partial charge >= 0.3 is 5.97 Å². The summed E-state index contributed by atoms with van der Waals surface area (Å²) >= 11 is 0. The summed E-state index contributed by atoms with van der Waals surface area (Å²) in [5.41, 5.74) is 5.23. The lowest BCUT2D eigenvalue weighted by Crippen LogP contribution is -2.66. The van der Waals surface area contributed by atoms with Gasteiger partial charge in [-0.3, -0.25) is 4.79 Å². The fourth-order valence-corrected chi connectivity index (χ4v) is 3.64. The van der Waals surface area contributed by atoms with Crippen LogP contribution < -0.4 is 20.8 Å². The van der Waals surface area contributed by atoms with Crippen LogP contribution in [-0.2, 0) is 0 Å². The highest BCUT2D eigenvalue weighted by Gasteiger charge is 2.39. The van der Waals surface area contributed by atoms with Gasteiger partial charge in [-0.1, -0.05) is 0 Å². The number of carboxylic acids is 1. The van der Waals surface area contributed by atoms with Crippen LogP contribution >= 0.6 is 0 Å². The van der Waals surface area contributed by atoms with Crippen molar-refractivity contribution in [1.29, 1.82) is 0 Å². The molecule has 1 saturated heterocycles.